The first kappa shape index (κ1) is 23.7. The average Bonchev–Trinajstić information content (AvgIpc) is 3.37. The van der Waals surface area contributed by atoms with Crippen molar-refractivity contribution in [3.8, 4) is 23.1 Å². The lowest BCUT2D eigenvalue weighted by molar-refractivity contribution is -0.142. The molecule has 3 aromatic heterocycles. The predicted octanol–water partition coefficient (Wildman–Crippen LogP) is 3.94. The highest BCUT2D eigenvalue weighted by molar-refractivity contribution is 7.91. The third-order valence-corrected chi connectivity index (χ3v) is 6.64. The number of hydrogen-bond donors (Lipinski definition) is 1. The van der Waals surface area contributed by atoms with Gasteiger partial charge in [0.05, 0.1) is 29.2 Å². The first-order chi connectivity index (χ1) is 15.7. The van der Waals surface area contributed by atoms with Crippen LogP contribution in [0.25, 0.3) is 16.9 Å². The summed E-state index contributed by atoms with van der Waals surface area (Å²) in [5.41, 5.74) is -3.35. The van der Waals surface area contributed by atoms with Crippen molar-refractivity contribution in [2.45, 2.75) is 16.6 Å². The summed E-state index contributed by atoms with van der Waals surface area (Å²) in [5.74, 6) is 5.00. The Morgan fingerprint density at radius 2 is 1.74 bits per heavy atom. The number of primary sulfonamides is 1. The van der Waals surface area contributed by atoms with Gasteiger partial charge in [-0.25, -0.2) is 28.0 Å². The number of halogens is 6. The number of hydrogen-bond acceptors (Lipinski definition) is 6. The number of sulfonamides is 1. The predicted molar refractivity (Wildman–Crippen MR) is 108 cm³/mol. The second-order valence-electron chi connectivity index (χ2n) is 6.68. The van der Waals surface area contributed by atoms with Gasteiger partial charge in [0.25, 0.3) is 0 Å². The van der Waals surface area contributed by atoms with Crippen LogP contribution >= 0.6 is 11.3 Å². The highest BCUT2D eigenvalue weighted by atomic mass is 32.2. The minimum absolute atomic E-state index is 0.00783. The maximum absolute atomic E-state index is 13.7. The standard InChI is InChI=1S/C19H9F6N5O2S2/c20-18(21,22)12-3-1-2-10(6-12)13-7-14(19(23,24)25)30-17(29-13)11(8-28-30)4-5-15-27-9-16(33-15)34(26,31)32/h1-3,6-9H,(H2,26,31,32). The third-order valence-electron chi connectivity index (χ3n) is 4.32. The second-order valence-corrected chi connectivity index (χ2v) is 9.49. The van der Waals surface area contributed by atoms with Crippen molar-refractivity contribution >= 4 is 27.0 Å². The molecule has 1 aromatic carbocycles. The SMILES string of the molecule is NS(=O)(=O)c1cnc(C#Cc2cnn3c(C(F)(F)F)cc(-c4cccc(C(F)(F)F)c4)nc23)s1. The minimum Gasteiger partial charge on any atom is -0.235 e. The lowest BCUT2D eigenvalue weighted by Crippen LogP contribution is -2.14. The van der Waals surface area contributed by atoms with Crippen LogP contribution in [-0.4, -0.2) is 28.0 Å². The van der Waals surface area contributed by atoms with E-state index < -0.39 is 33.6 Å². The van der Waals surface area contributed by atoms with E-state index in [-0.39, 0.29) is 31.7 Å². The molecule has 0 fully saturated rings. The van der Waals surface area contributed by atoms with Gasteiger partial charge in [0.15, 0.2) is 20.6 Å². The first-order valence-corrected chi connectivity index (χ1v) is 11.2. The molecule has 0 saturated heterocycles. The van der Waals surface area contributed by atoms with Crippen molar-refractivity contribution in [2.24, 2.45) is 5.14 Å². The van der Waals surface area contributed by atoms with E-state index in [9.17, 15) is 34.8 Å². The molecule has 0 amide bonds. The molecule has 4 aromatic rings. The molecule has 2 N–H and O–H groups in total. The van der Waals surface area contributed by atoms with Gasteiger partial charge in [0.1, 0.15) is 0 Å². The van der Waals surface area contributed by atoms with E-state index in [1.54, 1.807) is 0 Å². The molecule has 7 nitrogen and oxygen atoms in total. The molecule has 0 unspecified atom stereocenters. The summed E-state index contributed by atoms with van der Waals surface area (Å²) >= 11 is 0.647. The fourth-order valence-corrected chi connectivity index (χ4v) is 4.23. The molecule has 4 rings (SSSR count). The molecular formula is C19H9F6N5O2S2. The monoisotopic (exact) mass is 517 g/mol. The first-order valence-electron chi connectivity index (χ1n) is 8.88. The van der Waals surface area contributed by atoms with Crippen LogP contribution in [0.4, 0.5) is 26.3 Å². The van der Waals surface area contributed by atoms with Crippen LogP contribution in [0.15, 0.2) is 46.9 Å². The van der Waals surface area contributed by atoms with Gasteiger partial charge in [-0.15, -0.1) is 0 Å². The number of benzene rings is 1. The number of rotatable bonds is 2. The number of fused-ring (bicyclic) bond motifs is 1. The molecular weight excluding hydrogens is 508 g/mol. The third kappa shape index (κ3) is 4.74. The van der Waals surface area contributed by atoms with Crippen LogP contribution < -0.4 is 5.14 Å². The topological polar surface area (TPSA) is 103 Å². The van der Waals surface area contributed by atoms with Gasteiger partial charge in [-0.2, -0.15) is 31.4 Å². The summed E-state index contributed by atoms with van der Waals surface area (Å²) in [6.45, 7) is 0. The largest absolute Gasteiger partial charge is 0.433 e. The molecule has 0 saturated carbocycles. The fraction of sp³-hybridized carbons (Fsp3) is 0.105. The second kappa shape index (κ2) is 8.08. The van der Waals surface area contributed by atoms with Crippen molar-refractivity contribution in [1.29, 1.82) is 0 Å². The van der Waals surface area contributed by atoms with Gasteiger partial charge in [-0.3, -0.25) is 0 Å². The van der Waals surface area contributed by atoms with E-state index in [1.807, 2.05) is 0 Å². The number of alkyl halides is 6. The Hall–Kier alpha value is -3.48. The van der Waals surface area contributed by atoms with Gasteiger partial charge >= 0.3 is 12.4 Å². The molecule has 0 bridgehead atoms. The van der Waals surface area contributed by atoms with Crippen LogP contribution in [-0.2, 0) is 22.4 Å². The summed E-state index contributed by atoms with van der Waals surface area (Å²) in [4.78, 5) is 7.83. The Kier molecular flexibility index (Phi) is 5.62. The molecule has 0 spiro atoms. The number of nitrogens with two attached hydrogens (primary N) is 1. The van der Waals surface area contributed by atoms with Gasteiger partial charge < -0.3 is 0 Å². The van der Waals surface area contributed by atoms with Gasteiger partial charge in [-0.05, 0) is 24.1 Å². The normalized spacial score (nSPS) is 12.6. The zero-order chi connectivity index (χ0) is 24.9. The number of nitrogens with zero attached hydrogens (tertiary/aromatic N) is 4. The molecule has 0 radical (unpaired) electrons. The van der Waals surface area contributed by atoms with Gasteiger partial charge in [0.2, 0.25) is 10.0 Å². The van der Waals surface area contributed by atoms with Crippen molar-refractivity contribution in [3.05, 3.63) is 64.6 Å². The maximum atomic E-state index is 13.7. The number of aromatic nitrogens is 4. The Bertz CT molecular complexity index is 1580. The van der Waals surface area contributed by atoms with Crippen molar-refractivity contribution in [2.75, 3.05) is 0 Å². The molecule has 0 atom stereocenters. The van der Waals surface area contributed by atoms with E-state index >= 15 is 0 Å². The summed E-state index contributed by atoms with van der Waals surface area (Å²) in [6, 6.07) is 4.31. The molecule has 0 aliphatic carbocycles. The van der Waals surface area contributed by atoms with Crippen molar-refractivity contribution in [1.82, 2.24) is 19.6 Å². The lowest BCUT2D eigenvalue weighted by Gasteiger charge is -2.12. The Morgan fingerprint density at radius 1 is 1.00 bits per heavy atom. The van der Waals surface area contributed by atoms with Crippen molar-refractivity contribution in [3.63, 3.8) is 0 Å². The van der Waals surface area contributed by atoms with Crippen LogP contribution in [0.3, 0.4) is 0 Å². The fourth-order valence-electron chi connectivity index (χ4n) is 2.83. The van der Waals surface area contributed by atoms with Gasteiger partial charge in [-0.1, -0.05) is 29.4 Å². The lowest BCUT2D eigenvalue weighted by atomic mass is 10.1. The minimum atomic E-state index is -4.91. The van der Waals surface area contributed by atoms with Crippen LogP contribution in [0.5, 0.6) is 0 Å². The summed E-state index contributed by atoms with van der Waals surface area (Å²) in [7, 11) is -4.01. The quantitative estimate of drug-likeness (QED) is 0.321. The molecule has 3 heterocycles. The van der Waals surface area contributed by atoms with Gasteiger partial charge in [0, 0.05) is 5.56 Å². The Balaban J connectivity index is 1.87. The highest BCUT2D eigenvalue weighted by Gasteiger charge is 2.36. The smallest absolute Gasteiger partial charge is 0.235 e. The molecule has 0 aliphatic heterocycles. The zero-order valence-electron chi connectivity index (χ0n) is 16.3. The van der Waals surface area contributed by atoms with Crippen LogP contribution in [0.2, 0.25) is 0 Å². The van der Waals surface area contributed by atoms with E-state index in [0.717, 1.165) is 24.5 Å². The van der Waals surface area contributed by atoms with E-state index in [1.165, 1.54) is 6.07 Å². The molecule has 176 valence electrons. The van der Waals surface area contributed by atoms with Crippen LogP contribution in [0, 0.1) is 11.8 Å². The maximum Gasteiger partial charge on any atom is 0.433 e. The number of thiazole rings is 1. The highest BCUT2D eigenvalue weighted by Crippen LogP contribution is 2.35. The molecule has 34 heavy (non-hydrogen) atoms. The average molecular weight is 517 g/mol. The molecule has 15 heteroatoms. The van der Waals surface area contributed by atoms with E-state index in [2.05, 4.69) is 26.9 Å². The molecule has 0 aliphatic rings. The van der Waals surface area contributed by atoms with E-state index in [4.69, 9.17) is 5.14 Å². The Morgan fingerprint density at radius 3 is 2.35 bits per heavy atom. The summed E-state index contributed by atoms with van der Waals surface area (Å²) in [6.07, 6.45) is -7.64. The summed E-state index contributed by atoms with van der Waals surface area (Å²) < 4.78 is 103. The van der Waals surface area contributed by atoms with Crippen molar-refractivity contribution < 1.29 is 34.8 Å². The Labute approximate surface area is 190 Å². The van der Waals surface area contributed by atoms with E-state index in [0.29, 0.717) is 28.0 Å². The summed E-state index contributed by atoms with van der Waals surface area (Å²) in [5, 5.41) is 8.66. The zero-order valence-corrected chi connectivity index (χ0v) is 17.9. The van der Waals surface area contributed by atoms with Crippen LogP contribution in [0.1, 0.15) is 21.8 Å².